The number of nitrogens with one attached hydrogen (secondary N) is 3. The largest absolute Gasteiger partial charge is 0.368 e. The average molecular weight is 564 g/mol. The van der Waals surface area contributed by atoms with Crippen molar-refractivity contribution >= 4 is 23.7 Å². The third-order valence-electron chi connectivity index (χ3n) is 4.44. The van der Waals surface area contributed by atoms with Gasteiger partial charge in [0.25, 0.3) is 0 Å². The highest BCUT2D eigenvalue weighted by atomic mass is 19.2. The number of halogens is 4. The van der Waals surface area contributed by atoms with Crippen LogP contribution in [0.15, 0.2) is 0 Å². The fraction of sp³-hybridized carbons (Fsp3) is 0.636. The first-order chi connectivity index (χ1) is 18.5. The Hall–Kier alpha value is -3.76. The van der Waals surface area contributed by atoms with Crippen LogP contribution in [0.3, 0.4) is 0 Å². The number of carbonyl (C=O) groups excluding carboxylic acids is 2. The van der Waals surface area contributed by atoms with Crippen molar-refractivity contribution in [2.24, 2.45) is 5.73 Å². The van der Waals surface area contributed by atoms with E-state index >= 15 is 0 Å². The van der Waals surface area contributed by atoms with Crippen molar-refractivity contribution in [2.75, 3.05) is 37.2 Å². The van der Waals surface area contributed by atoms with Gasteiger partial charge in [-0.25, -0.2) is 0 Å². The number of rotatable bonds is 14. The average Bonchev–Trinajstić information content (AvgIpc) is 2.82. The molecular weight excluding hydrogens is 526 g/mol. The van der Waals surface area contributed by atoms with Crippen LogP contribution in [0, 0.1) is 24.3 Å². The second-order valence-corrected chi connectivity index (χ2v) is 7.94. The first-order valence-electron chi connectivity index (χ1n) is 12.4. The normalized spacial score (nSPS) is 9.92. The summed E-state index contributed by atoms with van der Waals surface area (Å²) >= 11 is 0. The van der Waals surface area contributed by atoms with Gasteiger partial charge in [-0.3, -0.25) is 9.59 Å². The van der Waals surface area contributed by atoms with Gasteiger partial charge in [0.05, 0.1) is 0 Å². The Morgan fingerprint density at radius 3 is 1.44 bits per heavy atom. The van der Waals surface area contributed by atoms with Gasteiger partial charge in [-0.05, 0) is 32.2 Å². The topological polar surface area (TPSA) is 200 Å². The molecule has 39 heavy (non-hydrogen) atoms. The minimum atomic E-state index is -1.46. The highest BCUT2D eigenvalue weighted by Gasteiger charge is 2.03. The first kappa shape index (κ1) is 35.2. The molecular formula is C22H37F4N11O2. The van der Waals surface area contributed by atoms with E-state index in [2.05, 4.69) is 45.9 Å². The highest BCUT2D eigenvalue weighted by Crippen LogP contribution is 2.03. The number of aromatic nitrogens is 6. The SMILES string of the molecule is CC(=O)NCCCCCCN.CC(=O)NCCCCCCNc1nc(N)nc(F)n1.Fc1nc(F)nc(F)n1. The molecule has 2 heterocycles. The molecule has 0 spiro atoms. The number of unbranched alkanes of at least 4 members (excludes halogenated alkanes) is 6. The molecule has 220 valence electrons. The van der Waals surface area contributed by atoms with Crippen molar-refractivity contribution in [2.45, 2.75) is 65.2 Å². The minimum absolute atomic E-state index is 0.00359. The Balaban J connectivity index is 0.000000611. The van der Waals surface area contributed by atoms with Gasteiger partial charge in [-0.15, -0.1) is 0 Å². The number of carbonyl (C=O) groups is 2. The lowest BCUT2D eigenvalue weighted by Crippen LogP contribution is -2.20. The molecule has 0 aliphatic carbocycles. The summed E-state index contributed by atoms with van der Waals surface area (Å²) in [6.45, 7) is 5.98. The van der Waals surface area contributed by atoms with Crippen molar-refractivity contribution in [3.05, 3.63) is 24.3 Å². The highest BCUT2D eigenvalue weighted by molar-refractivity contribution is 5.73. The predicted molar refractivity (Wildman–Crippen MR) is 136 cm³/mol. The van der Waals surface area contributed by atoms with E-state index in [-0.39, 0.29) is 23.7 Å². The fourth-order valence-corrected chi connectivity index (χ4v) is 2.70. The van der Waals surface area contributed by atoms with Gasteiger partial charge < -0.3 is 27.4 Å². The molecule has 0 radical (unpaired) electrons. The van der Waals surface area contributed by atoms with Crippen LogP contribution in [0.5, 0.6) is 0 Å². The van der Waals surface area contributed by atoms with Crippen molar-refractivity contribution in [3.63, 3.8) is 0 Å². The van der Waals surface area contributed by atoms with Gasteiger partial charge in [-0.1, -0.05) is 25.7 Å². The van der Waals surface area contributed by atoms with Gasteiger partial charge in [0.15, 0.2) is 0 Å². The molecule has 0 aliphatic heterocycles. The van der Waals surface area contributed by atoms with Crippen LogP contribution in [0.2, 0.25) is 0 Å². The Labute approximate surface area is 224 Å². The van der Waals surface area contributed by atoms with E-state index in [4.69, 9.17) is 11.5 Å². The van der Waals surface area contributed by atoms with E-state index in [1.807, 2.05) is 0 Å². The lowest BCUT2D eigenvalue weighted by molar-refractivity contribution is -0.119. The van der Waals surface area contributed by atoms with E-state index in [1.54, 1.807) is 6.92 Å². The molecule has 2 aromatic heterocycles. The zero-order chi connectivity index (χ0) is 29.5. The molecule has 0 fully saturated rings. The maximum atomic E-state index is 12.8. The van der Waals surface area contributed by atoms with Crippen LogP contribution >= 0.6 is 0 Å². The summed E-state index contributed by atoms with van der Waals surface area (Å²) in [6, 6.07) is 0. The zero-order valence-corrected chi connectivity index (χ0v) is 22.2. The molecule has 2 rings (SSSR count). The van der Waals surface area contributed by atoms with Gasteiger partial charge in [0.1, 0.15) is 0 Å². The molecule has 2 amide bonds. The van der Waals surface area contributed by atoms with Gasteiger partial charge >= 0.3 is 24.3 Å². The van der Waals surface area contributed by atoms with Crippen molar-refractivity contribution < 1.29 is 27.2 Å². The number of nitrogens with zero attached hydrogens (tertiary/aromatic N) is 6. The Kier molecular flexibility index (Phi) is 20.1. The third kappa shape index (κ3) is 23.1. The monoisotopic (exact) mass is 563 g/mol. The van der Waals surface area contributed by atoms with Gasteiger partial charge in [-0.2, -0.15) is 47.5 Å². The maximum Gasteiger partial charge on any atom is 0.316 e. The van der Waals surface area contributed by atoms with E-state index in [0.29, 0.717) is 13.1 Å². The second-order valence-electron chi connectivity index (χ2n) is 7.94. The first-order valence-corrected chi connectivity index (χ1v) is 12.4. The quantitative estimate of drug-likeness (QED) is 0.165. The summed E-state index contributed by atoms with van der Waals surface area (Å²) in [6.07, 6.45) is 3.14. The molecule has 0 aliphatic rings. The molecule has 7 N–H and O–H groups in total. The predicted octanol–water partition coefficient (Wildman–Crippen LogP) is 1.63. The maximum absolute atomic E-state index is 12.8. The molecule has 0 atom stereocenters. The molecule has 13 nitrogen and oxygen atoms in total. The number of amides is 2. The van der Waals surface area contributed by atoms with Crippen LogP contribution in [0.25, 0.3) is 0 Å². The second kappa shape index (κ2) is 22.2. The lowest BCUT2D eigenvalue weighted by Gasteiger charge is -2.05. The van der Waals surface area contributed by atoms with Crippen molar-refractivity contribution in [1.82, 2.24) is 40.5 Å². The van der Waals surface area contributed by atoms with Crippen molar-refractivity contribution in [1.29, 1.82) is 0 Å². The summed E-state index contributed by atoms with van der Waals surface area (Å²) in [5.41, 5.74) is 10.6. The summed E-state index contributed by atoms with van der Waals surface area (Å²) in [5.74, 6) is 0.0773. The third-order valence-corrected chi connectivity index (χ3v) is 4.44. The van der Waals surface area contributed by atoms with Crippen molar-refractivity contribution in [3.8, 4) is 0 Å². The molecule has 0 bridgehead atoms. The molecule has 0 aromatic carbocycles. The number of nitrogen functional groups attached to an aromatic ring is 1. The van der Waals surface area contributed by atoms with Crippen LogP contribution < -0.4 is 27.4 Å². The summed E-state index contributed by atoms with van der Waals surface area (Å²) in [7, 11) is 0. The molecule has 2 aromatic rings. The molecule has 0 saturated heterocycles. The number of anilines is 2. The van der Waals surface area contributed by atoms with Crippen LogP contribution in [0.1, 0.15) is 65.2 Å². The summed E-state index contributed by atoms with van der Waals surface area (Å²) < 4.78 is 47.8. The van der Waals surface area contributed by atoms with E-state index in [1.165, 1.54) is 13.3 Å². The zero-order valence-electron chi connectivity index (χ0n) is 22.2. The van der Waals surface area contributed by atoms with Gasteiger partial charge in [0.2, 0.25) is 23.7 Å². The van der Waals surface area contributed by atoms with Crippen LogP contribution in [-0.2, 0) is 9.59 Å². The molecule has 17 heteroatoms. The molecule has 0 saturated carbocycles. The number of nitrogens with two attached hydrogens (primary N) is 2. The fourth-order valence-electron chi connectivity index (χ4n) is 2.70. The minimum Gasteiger partial charge on any atom is -0.368 e. The van der Waals surface area contributed by atoms with E-state index < -0.39 is 24.3 Å². The van der Waals surface area contributed by atoms with Crippen LogP contribution in [-0.4, -0.2) is 67.9 Å². The van der Waals surface area contributed by atoms with E-state index in [0.717, 1.165) is 58.0 Å². The Morgan fingerprint density at radius 2 is 1.03 bits per heavy atom. The van der Waals surface area contributed by atoms with Crippen LogP contribution in [0.4, 0.5) is 29.5 Å². The van der Waals surface area contributed by atoms with E-state index in [9.17, 15) is 27.2 Å². The summed E-state index contributed by atoms with van der Waals surface area (Å²) in [4.78, 5) is 38.8. The number of hydrogen-bond acceptors (Lipinski definition) is 11. The smallest absolute Gasteiger partial charge is 0.316 e. The summed E-state index contributed by atoms with van der Waals surface area (Å²) in [5, 5.41) is 8.37. The molecule has 0 unspecified atom stereocenters. The Bertz CT molecular complexity index is 903. The lowest BCUT2D eigenvalue weighted by atomic mass is 10.2. The van der Waals surface area contributed by atoms with Gasteiger partial charge in [0, 0.05) is 33.5 Å². The number of hydrogen-bond donors (Lipinski definition) is 5. The standard InChI is InChI=1S/C11H19FN6O.C8H18N2O.C3F3N3/c1-8(19)14-6-4-2-3-5-7-15-11-17-9(12)16-10(13)18-11;1-8(11)10-7-5-3-2-4-6-9;4-1-7-2(5)9-3(6)8-1/h2-7H2,1H3,(H,14,19)(H3,13,15,16,17,18);2-7,9H2,1H3,(H,10,11);. The Morgan fingerprint density at radius 1 is 0.615 bits per heavy atom.